The molecule has 0 bridgehead atoms. The van der Waals surface area contributed by atoms with E-state index in [0.29, 0.717) is 32.4 Å². The molecule has 1 aromatic carbocycles. The SMILES string of the molecule is CC1(C)C[C@@](CCNC(=O)CCC(=O)OCC(=O)[C@@]2(O)CC[C@H]3[C@@H]4CCC5=CC(=O)CC[C@]5(C)[C@H]4C(=O)C[C@@]32C)(c2ccccc2)CCO1. The van der Waals surface area contributed by atoms with Crippen LogP contribution in [0.4, 0.5) is 0 Å². The Balaban J connectivity index is 1.00. The Labute approximate surface area is 289 Å². The van der Waals surface area contributed by atoms with E-state index in [1.807, 2.05) is 25.1 Å². The van der Waals surface area contributed by atoms with Gasteiger partial charge in [0.2, 0.25) is 11.7 Å². The smallest absolute Gasteiger partial charge is 0.306 e. The van der Waals surface area contributed by atoms with Crippen molar-refractivity contribution >= 4 is 29.2 Å². The number of amides is 1. The minimum atomic E-state index is -1.77. The van der Waals surface area contributed by atoms with Crippen molar-refractivity contribution in [3.63, 3.8) is 0 Å². The zero-order chi connectivity index (χ0) is 35.2. The molecule has 1 saturated heterocycles. The highest BCUT2D eigenvalue weighted by molar-refractivity contribution is 5.95. The van der Waals surface area contributed by atoms with Gasteiger partial charge in [0, 0.05) is 49.2 Å². The molecule has 0 aromatic heterocycles. The maximum Gasteiger partial charge on any atom is 0.306 e. The lowest BCUT2D eigenvalue weighted by atomic mass is 9.46. The van der Waals surface area contributed by atoms with Crippen LogP contribution in [0.1, 0.15) is 110 Å². The van der Waals surface area contributed by atoms with Crippen LogP contribution in [-0.2, 0) is 38.9 Å². The van der Waals surface area contributed by atoms with Gasteiger partial charge in [0.1, 0.15) is 11.4 Å². The third kappa shape index (κ3) is 6.46. The van der Waals surface area contributed by atoms with Gasteiger partial charge in [-0.25, -0.2) is 0 Å². The van der Waals surface area contributed by atoms with Crippen molar-refractivity contribution in [2.24, 2.45) is 28.6 Å². The van der Waals surface area contributed by atoms with Gasteiger partial charge in [-0.05, 0) is 94.1 Å². The van der Waals surface area contributed by atoms with Gasteiger partial charge >= 0.3 is 5.97 Å². The van der Waals surface area contributed by atoms with Crippen LogP contribution < -0.4 is 5.32 Å². The predicted molar refractivity (Wildman–Crippen MR) is 182 cm³/mol. The van der Waals surface area contributed by atoms with Gasteiger partial charge in [0.25, 0.3) is 0 Å². The molecule has 4 fully saturated rings. The molecular formula is C40H53NO8. The van der Waals surface area contributed by atoms with Crippen LogP contribution >= 0.6 is 0 Å². The number of fused-ring (bicyclic) bond motifs is 5. The minimum Gasteiger partial charge on any atom is -0.458 e. The summed E-state index contributed by atoms with van der Waals surface area (Å²) in [6.07, 6.45) is 7.47. The minimum absolute atomic E-state index is 0.0206. The molecule has 9 heteroatoms. The molecule has 266 valence electrons. The van der Waals surface area contributed by atoms with Gasteiger partial charge in [0.15, 0.2) is 12.4 Å². The van der Waals surface area contributed by atoms with Crippen LogP contribution in [0.5, 0.6) is 0 Å². The van der Waals surface area contributed by atoms with Crippen molar-refractivity contribution in [3.05, 3.63) is 47.5 Å². The third-order valence-corrected chi connectivity index (χ3v) is 13.3. The molecule has 7 atom stereocenters. The average Bonchev–Trinajstić information content (AvgIpc) is 3.33. The molecule has 6 rings (SSSR count). The Kier molecular flexibility index (Phi) is 9.59. The highest BCUT2D eigenvalue weighted by atomic mass is 16.5. The second-order valence-corrected chi connectivity index (χ2v) is 16.7. The van der Waals surface area contributed by atoms with E-state index >= 15 is 0 Å². The number of benzene rings is 1. The Bertz CT molecular complexity index is 1530. The quantitative estimate of drug-likeness (QED) is 0.317. The first-order valence-corrected chi connectivity index (χ1v) is 18.3. The molecule has 1 amide bonds. The van der Waals surface area contributed by atoms with E-state index in [1.54, 1.807) is 6.08 Å². The van der Waals surface area contributed by atoms with Gasteiger partial charge < -0.3 is 19.9 Å². The van der Waals surface area contributed by atoms with Crippen molar-refractivity contribution in [2.75, 3.05) is 19.8 Å². The average molecular weight is 676 g/mol. The lowest BCUT2D eigenvalue weighted by molar-refractivity contribution is -0.173. The normalized spacial score (nSPS) is 36.5. The predicted octanol–water partition coefficient (Wildman–Crippen LogP) is 5.35. The fourth-order valence-electron chi connectivity index (χ4n) is 10.8. The number of rotatable bonds is 10. The first-order valence-electron chi connectivity index (χ1n) is 18.3. The van der Waals surface area contributed by atoms with Gasteiger partial charge in [-0.1, -0.05) is 49.8 Å². The zero-order valence-corrected chi connectivity index (χ0v) is 29.6. The number of hydrogen-bond acceptors (Lipinski definition) is 8. The van der Waals surface area contributed by atoms with E-state index in [9.17, 15) is 29.1 Å². The largest absolute Gasteiger partial charge is 0.458 e. The van der Waals surface area contributed by atoms with Crippen molar-refractivity contribution in [2.45, 2.75) is 121 Å². The molecule has 4 aliphatic carbocycles. The summed E-state index contributed by atoms with van der Waals surface area (Å²) in [7, 11) is 0. The molecule has 1 aromatic rings. The number of allylic oxidation sites excluding steroid dienone is 1. The summed E-state index contributed by atoms with van der Waals surface area (Å²) in [6, 6.07) is 10.3. The number of ketones is 3. The van der Waals surface area contributed by atoms with E-state index in [1.165, 1.54) is 5.56 Å². The van der Waals surface area contributed by atoms with Crippen LogP contribution in [0.2, 0.25) is 0 Å². The van der Waals surface area contributed by atoms with E-state index in [0.717, 1.165) is 37.7 Å². The number of Topliss-reactive ketones (excluding diaryl/α,β-unsaturated/α-hetero) is 2. The molecule has 0 radical (unpaired) electrons. The fraction of sp³-hybridized carbons (Fsp3) is 0.675. The fourth-order valence-corrected chi connectivity index (χ4v) is 10.8. The lowest BCUT2D eigenvalue weighted by Gasteiger charge is -2.57. The van der Waals surface area contributed by atoms with E-state index in [-0.39, 0.29) is 77.3 Å². The number of esters is 1. The molecular weight excluding hydrogens is 622 g/mol. The van der Waals surface area contributed by atoms with Crippen LogP contribution in [0.3, 0.4) is 0 Å². The van der Waals surface area contributed by atoms with Crippen molar-refractivity contribution < 1.29 is 38.6 Å². The van der Waals surface area contributed by atoms with Gasteiger partial charge in [0.05, 0.1) is 12.0 Å². The van der Waals surface area contributed by atoms with Crippen molar-refractivity contribution in [1.29, 1.82) is 0 Å². The molecule has 49 heavy (non-hydrogen) atoms. The maximum atomic E-state index is 13.9. The molecule has 2 N–H and O–H groups in total. The molecule has 5 aliphatic rings. The third-order valence-electron chi connectivity index (χ3n) is 13.3. The summed E-state index contributed by atoms with van der Waals surface area (Å²) < 4.78 is 11.3. The van der Waals surface area contributed by atoms with E-state index in [2.05, 4.69) is 38.2 Å². The Morgan fingerprint density at radius 1 is 0.980 bits per heavy atom. The second-order valence-electron chi connectivity index (χ2n) is 16.7. The molecule has 1 aliphatic heterocycles. The molecule has 0 unspecified atom stereocenters. The Hall–Kier alpha value is -3.17. The van der Waals surface area contributed by atoms with Gasteiger partial charge in [-0.3, -0.25) is 24.0 Å². The standard InChI is InChI=1S/C40H53NO8/c1-36(2)25-39(19-21-49-36,26-8-6-5-7-9-26)18-20-41-33(45)12-13-34(46)48-24-32(44)40(47)17-15-30-29-11-10-27-22-28(42)14-16-37(27,3)35(29)31(43)23-38(30,40)4/h5-9,22,29-30,35,47H,10-21,23-25H2,1-4H3,(H,41,45)/t29-,30-,35+,37-,38-,39-,40-/m0/s1. The topological polar surface area (TPSA) is 136 Å². The van der Waals surface area contributed by atoms with Crippen LogP contribution in [0.15, 0.2) is 42.0 Å². The highest BCUT2D eigenvalue weighted by Gasteiger charge is 2.68. The maximum absolute atomic E-state index is 13.9. The first-order chi connectivity index (χ1) is 23.1. The molecule has 9 nitrogen and oxygen atoms in total. The number of ether oxygens (including phenoxy) is 2. The number of aliphatic hydroxyl groups is 1. The number of carbonyl (C=O) groups excluding carboxylic acids is 5. The van der Waals surface area contributed by atoms with Crippen molar-refractivity contribution in [1.82, 2.24) is 5.32 Å². The molecule has 3 saturated carbocycles. The number of nitrogens with one attached hydrogen (secondary N) is 1. The van der Waals surface area contributed by atoms with Gasteiger partial charge in [-0.2, -0.15) is 0 Å². The monoisotopic (exact) mass is 675 g/mol. The summed E-state index contributed by atoms with van der Waals surface area (Å²) in [5.74, 6) is -1.55. The van der Waals surface area contributed by atoms with Crippen LogP contribution in [0.25, 0.3) is 0 Å². The summed E-state index contributed by atoms with van der Waals surface area (Å²) in [5, 5.41) is 14.9. The van der Waals surface area contributed by atoms with E-state index in [4.69, 9.17) is 9.47 Å². The summed E-state index contributed by atoms with van der Waals surface area (Å²) >= 11 is 0. The molecule has 1 heterocycles. The lowest BCUT2D eigenvalue weighted by Crippen LogP contribution is -2.61. The first kappa shape index (κ1) is 35.6. The summed E-state index contributed by atoms with van der Waals surface area (Å²) in [4.78, 5) is 65.0. The summed E-state index contributed by atoms with van der Waals surface area (Å²) in [6.45, 7) is 8.67. The Morgan fingerprint density at radius 2 is 1.73 bits per heavy atom. The Morgan fingerprint density at radius 3 is 2.47 bits per heavy atom. The van der Waals surface area contributed by atoms with E-state index < -0.39 is 29.4 Å². The van der Waals surface area contributed by atoms with Crippen molar-refractivity contribution in [3.8, 4) is 0 Å². The zero-order valence-electron chi connectivity index (χ0n) is 29.6. The van der Waals surface area contributed by atoms with Crippen LogP contribution in [0, 0.1) is 28.6 Å². The number of carbonyl (C=O) groups is 5. The molecule has 0 spiro atoms. The van der Waals surface area contributed by atoms with Gasteiger partial charge in [-0.15, -0.1) is 0 Å². The number of hydrogen-bond donors (Lipinski definition) is 2. The summed E-state index contributed by atoms with van der Waals surface area (Å²) in [5.41, 5.74) is -1.17. The highest BCUT2D eigenvalue weighted by Crippen LogP contribution is 2.66. The van der Waals surface area contributed by atoms with Crippen LogP contribution in [-0.4, -0.2) is 65.3 Å². The second kappa shape index (κ2) is 13.2.